The minimum atomic E-state index is -0.103. The predicted molar refractivity (Wildman–Crippen MR) is 76.4 cm³/mol. The molecule has 0 radical (unpaired) electrons. The summed E-state index contributed by atoms with van der Waals surface area (Å²) in [6, 6.07) is 9.42. The van der Waals surface area contributed by atoms with Crippen LogP contribution < -0.4 is 5.32 Å². The number of H-pyrrole nitrogens is 1. The Hall–Kier alpha value is -2.69. The van der Waals surface area contributed by atoms with Gasteiger partial charge < -0.3 is 10.3 Å². The van der Waals surface area contributed by atoms with Crippen molar-refractivity contribution >= 4 is 16.8 Å². The number of nitrogens with one attached hydrogen (secondary N) is 2. The van der Waals surface area contributed by atoms with Crippen molar-refractivity contribution in [1.29, 1.82) is 0 Å². The van der Waals surface area contributed by atoms with E-state index in [0.29, 0.717) is 12.1 Å². The predicted octanol–water partition coefficient (Wildman–Crippen LogP) is 1.93. The zero-order chi connectivity index (χ0) is 13.8. The molecule has 5 nitrogen and oxygen atoms in total. The molecule has 0 aliphatic carbocycles. The van der Waals surface area contributed by atoms with Crippen molar-refractivity contribution in [2.45, 2.75) is 6.42 Å². The number of carbonyl (C=O) groups excluding carboxylic acids is 1. The van der Waals surface area contributed by atoms with E-state index in [0.717, 1.165) is 23.0 Å². The number of para-hydroxylation sites is 1. The second-order valence-electron chi connectivity index (χ2n) is 4.46. The van der Waals surface area contributed by atoms with Crippen molar-refractivity contribution in [2.75, 3.05) is 6.54 Å². The number of nitrogens with zero attached hydrogens (tertiary/aromatic N) is 2. The fraction of sp³-hybridized carbons (Fsp3) is 0.133. The van der Waals surface area contributed by atoms with E-state index in [-0.39, 0.29) is 5.91 Å². The van der Waals surface area contributed by atoms with Gasteiger partial charge in [0.15, 0.2) is 0 Å². The number of imidazole rings is 1. The summed E-state index contributed by atoms with van der Waals surface area (Å²) < 4.78 is 0. The molecule has 0 fully saturated rings. The number of benzene rings is 1. The number of carbonyl (C=O) groups is 1. The molecule has 100 valence electrons. The number of amides is 1. The molecule has 5 heteroatoms. The summed E-state index contributed by atoms with van der Waals surface area (Å²) >= 11 is 0. The fourth-order valence-electron chi connectivity index (χ4n) is 2.11. The smallest absolute Gasteiger partial charge is 0.253 e. The highest BCUT2D eigenvalue weighted by atomic mass is 16.1. The van der Waals surface area contributed by atoms with Crippen LogP contribution in [-0.2, 0) is 6.42 Å². The van der Waals surface area contributed by atoms with E-state index >= 15 is 0 Å². The van der Waals surface area contributed by atoms with Crippen LogP contribution in [0.1, 0.15) is 16.1 Å². The van der Waals surface area contributed by atoms with E-state index in [4.69, 9.17) is 0 Å². The highest BCUT2D eigenvalue weighted by molar-refractivity contribution is 6.05. The van der Waals surface area contributed by atoms with E-state index in [1.807, 2.05) is 24.3 Å². The Morgan fingerprint density at radius 2 is 2.15 bits per heavy atom. The number of fused-ring (bicyclic) bond motifs is 1. The summed E-state index contributed by atoms with van der Waals surface area (Å²) in [6.45, 7) is 0.560. The molecule has 0 bridgehead atoms. The number of aromatic amines is 1. The van der Waals surface area contributed by atoms with E-state index < -0.39 is 0 Å². The zero-order valence-electron chi connectivity index (χ0n) is 10.8. The van der Waals surface area contributed by atoms with Crippen molar-refractivity contribution in [2.24, 2.45) is 0 Å². The topological polar surface area (TPSA) is 70.7 Å². The molecule has 3 aromatic rings. The maximum absolute atomic E-state index is 12.2. The van der Waals surface area contributed by atoms with Crippen LogP contribution in [0, 0.1) is 0 Å². The van der Waals surface area contributed by atoms with Gasteiger partial charge in [-0.15, -0.1) is 0 Å². The third-order valence-corrected chi connectivity index (χ3v) is 3.11. The lowest BCUT2D eigenvalue weighted by Gasteiger charge is -2.06. The van der Waals surface area contributed by atoms with Gasteiger partial charge in [-0.3, -0.25) is 9.78 Å². The summed E-state index contributed by atoms with van der Waals surface area (Å²) in [4.78, 5) is 23.4. The molecule has 2 aromatic heterocycles. The molecule has 0 saturated carbocycles. The standard InChI is InChI=1S/C15H14N4O/c20-15(18-8-6-12-9-16-10-19-12)13-5-1-3-11-4-2-7-17-14(11)13/h1-5,7,9-10H,6,8H2,(H,16,19)(H,18,20). The normalized spacial score (nSPS) is 10.6. The monoisotopic (exact) mass is 266 g/mol. The first-order chi connectivity index (χ1) is 9.84. The van der Waals surface area contributed by atoms with Crippen LogP contribution in [0.15, 0.2) is 49.1 Å². The van der Waals surface area contributed by atoms with Gasteiger partial charge in [0.1, 0.15) is 0 Å². The second-order valence-corrected chi connectivity index (χ2v) is 4.46. The molecule has 0 unspecified atom stereocenters. The lowest BCUT2D eigenvalue weighted by Crippen LogP contribution is -2.26. The quantitative estimate of drug-likeness (QED) is 0.758. The van der Waals surface area contributed by atoms with Crippen LogP contribution in [0.4, 0.5) is 0 Å². The third kappa shape index (κ3) is 2.51. The Labute approximate surface area is 116 Å². The molecule has 1 aromatic carbocycles. The van der Waals surface area contributed by atoms with Gasteiger partial charge in [0.25, 0.3) is 5.91 Å². The lowest BCUT2D eigenvalue weighted by atomic mass is 10.1. The molecule has 0 spiro atoms. The maximum atomic E-state index is 12.2. The van der Waals surface area contributed by atoms with Gasteiger partial charge >= 0.3 is 0 Å². The summed E-state index contributed by atoms with van der Waals surface area (Å²) in [7, 11) is 0. The van der Waals surface area contributed by atoms with Crippen molar-refractivity contribution in [3.8, 4) is 0 Å². The summed E-state index contributed by atoms with van der Waals surface area (Å²) in [5.74, 6) is -0.103. The highest BCUT2D eigenvalue weighted by Gasteiger charge is 2.10. The Bertz CT molecular complexity index is 716. The Balaban J connectivity index is 1.72. The summed E-state index contributed by atoms with van der Waals surface area (Å²) in [5, 5.41) is 3.87. The third-order valence-electron chi connectivity index (χ3n) is 3.11. The van der Waals surface area contributed by atoms with E-state index in [2.05, 4.69) is 20.3 Å². The number of rotatable bonds is 4. The van der Waals surface area contributed by atoms with Gasteiger partial charge in [0.05, 0.1) is 17.4 Å². The van der Waals surface area contributed by atoms with Crippen molar-refractivity contribution in [3.63, 3.8) is 0 Å². The van der Waals surface area contributed by atoms with Gasteiger partial charge in [0, 0.05) is 36.4 Å². The van der Waals surface area contributed by atoms with Gasteiger partial charge in [-0.1, -0.05) is 18.2 Å². The van der Waals surface area contributed by atoms with Crippen LogP contribution in [0.3, 0.4) is 0 Å². The number of hydrogen-bond donors (Lipinski definition) is 2. The first-order valence-electron chi connectivity index (χ1n) is 6.44. The largest absolute Gasteiger partial charge is 0.352 e. The number of aromatic nitrogens is 3. The molecule has 0 aliphatic rings. The van der Waals surface area contributed by atoms with Crippen LogP contribution in [0.5, 0.6) is 0 Å². The van der Waals surface area contributed by atoms with Gasteiger partial charge in [-0.05, 0) is 12.1 Å². The summed E-state index contributed by atoms with van der Waals surface area (Å²) in [6.07, 6.45) is 5.81. The van der Waals surface area contributed by atoms with E-state index in [1.165, 1.54) is 0 Å². The Morgan fingerprint density at radius 1 is 1.25 bits per heavy atom. The summed E-state index contributed by atoms with van der Waals surface area (Å²) in [5.41, 5.74) is 2.34. The fourth-order valence-corrected chi connectivity index (χ4v) is 2.11. The Morgan fingerprint density at radius 3 is 3.00 bits per heavy atom. The van der Waals surface area contributed by atoms with Crippen LogP contribution in [0.2, 0.25) is 0 Å². The lowest BCUT2D eigenvalue weighted by molar-refractivity contribution is 0.0955. The second kappa shape index (κ2) is 5.52. The minimum Gasteiger partial charge on any atom is -0.352 e. The molecule has 0 atom stereocenters. The molecule has 1 amide bonds. The average Bonchev–Trinajstić information content (AvgIpc) is 3.00. The number of hydrogen-bond acceptors (Lipinski definition) is 3. The van der Waals surface area contributed by atoms with E-state index in [1.54, 1.807) is 24.8 Å². The maximum Gasteiger partial charge on any atom is 0.253 e. The van der Waals surface area contributed by atoms with Gasteiger partial charge in [-0.25, -0.2) is 4.98 Å². The molecule has 20 heavy (non-hydrogen) atoms. The molecule has 0 aliphatic heterocycles. The SMILES string of the molecule is O=C(NCCc1cnc[nH]1)c1cccc2cccnc12. The van der Waals surface area contributed by atoms with Crippen molar-refractivity contribution < 1.29 is 4.79 Å². The minimum absolute atomic E-state index is 0.103. The van der Waals surface area contributed by atoms with Crippen molar-refractivity contribution in [1.82, 2.24) is 20.3 Å². The molecular weight excluding hydrogens is 252 g/mol. The number of pyridine rings is 1. The van der Waals surface area contributed by atoms with Crippen LogP contribution >= 0.6 is 0 Å². The first-order valence-corrected chi connectivity index (χ1v) is 6.44. The molecule has 2 N–H and O–H groups in total. The first kappa shape index (κ1) is 12.3. The molecule has 3 rings (SSSR count). The highest BCUT2D eigenvalue weighted by Crippen LogP contribution is 2.15. The molecule has 0 saturated heterocycles. The molecule has 2 heterocycles. The Kier molecular flexibility index (Phi) is 3.41. The molecular formula is C15H14N4O. The van der Waals surface area contributed by atoms with Crippen molar-refractivity contribution in [3.05, 3.63) is 60.3 Å². The van der Waals surface area contributed by atoms with Crippen LogP contribution in [-0.4, -0.2) is 27.4 Å². The van der Waals surface area contributed by atoms with Crippen LogP contribution in [0.25, 0.3) is 10.9 Å². The van der Waals surface area contributed by atoms with Gasteiger partial charge in [0.2, 0.25) is 0 Å². The van der Waals surface area contributed by atoms with Gasteiger partial charge in [-0.2, -0.15) is 0 Å². The van der Waals surface area contributed by atoms with E-state index in [9.17, 15) is 4.79 Å². The zero-order valence-corrected chi connectivity index (χ0v) is 10.8. The average molecular weight is 266 g/mol.